The first kappa shape index (κ1) is 11.0. The molecule has 0 saturated carbocycles. The van der Waals surface area contributed by atoms with Crippen LogP contribution in [0, 0.1) is 11.6 Å². The highest BCUT2D eigenvalue weighted by Gasteiger charge is 2.09. The molecule has 14 heavy (non-hydrogen) atoms. The standard InChI is InChI=1S/C8H12N2O2SSi/c1-12-7-9-10(8(11)13-7)5-6-14(2,3)4/h1-4H3. The Bertz CT molecular complexity index is 433. The summed E-state index contributed by atoms with van der Waals surface area (Å²) < 4.78 is 5.98. The Morgan fingerprint density at radius 3 is 2.57 bits per heavy atom. The lowest BCUT2D eigenvalue weighted by Gasteiger charge is -2.02. The normalized spacial score (nSPS) is 10.6. The molecule has 0 fully saturated rings. The fourth-order valence-electron chi connectivity index (χ4n) is 0.635. The van der Waals surface area contributed by atoms with Crippen molar-refractivity contribution in [1.82, 2.24) is 9.78 Å². The number of hydrogen-bond donors (Lipinski definition) is 0. The van der Waals surface area contributed by atoms with Gasteiger partial charge in [0.15, 0.2) is 0 Å². The van der Waals surface area contributed by atoms with E-state index < -0.39 is 8.07 Å². The van der Waals surface area contributed by atoms with Crippen molar-refractivity contribution in [1.29, 1.82) is 0 Å². The van der Waals surface area contributed by atoms with Crippen LogP contribution in [0.1, 0.15) is 0 Å². The fourth-order valence-corrected chi connectivity index (χ4v) is 1.60. The lowest BCUT2D eigenvalue weighted by molar-refractivity contribution is 0.404. The first-order valence-corrected chi connectivity index (χ1v) is 8.41. The minimum absolute atomic E-state index is 0.201. The van der Waals surface area contributed by atoms with Gasteiger partial charge in [-0.25, -0.2) is 0 Å². The molecule has 0 atom stereocenters. The van der Waals surface area contributed by atoms with Crippen LogP contribution in [0.3, 0.4) is 0 Å². The maximum absolute atomic E-state index is 11.3. The molecule has 1 heterocycles. The van der Waals surface area contributed by atoms with Gasteiger partial charge in [0.1, 0.15) is 8.07 Å². The van der Waals surface area contributed by atoms with Crippen LogP contribution < -0.4 is 9.61 Å². The molecule has 0 aliphatic heterocycles. The van der Waals surface area contributed by atoms with Gasteiger partial charge in [0.2, 0.25) is 0 Å². The largest absolute Gasteiger partial charge is 0.472 e. The molecule has 0 amide bonds. The highest BCUT2D eigenvalue weighted by Crippen LogP contribution is 2.06. The number of hydrogen-bond acceptors (Lipinski definition) is 4. The second-order valence-electron chi connectivity index (χ2n) is 3.74. The Labute approximate surface area is 87.5 Å². The summed E-state index contributed by atoms with van der Waals surface area (Å²) in [6, 6.07) is 2.74. The molecule has 0 radical (unpaired) electrons. The van der Waals surface area contributed by atoms with Crippen LogP contribution in [0.4, 0.5) is 0 Å². The van der Waals surface area contributed by atoms with Crippen molar-refractivity contribution in [2.24, 2.45) is 0 Å². The van der Waals surface area contributed by atoms with Gasteiger partial charge in [-0.05, 0) is 11.3 Å². The molecule has 0 spiro atoms. The first-order chi connectivity index (χ1) is 6.42. The van der Waals surface area contributed by atoms with Gasteiger partial charge in [0.25, 0.3) is 5.19 Å². The zero-order valence-corrected chi connectivity index (χ0v) is 10.4. The second-order valence-corrected chi connectivity index (χ2v) is 9.39. The Morgan fingerprint density at radius 2 is 2.14 bits per heavy atom. The topological polar surface area (TPSA) is 44.1 Å². The summed E-state index contributed by atoms with van der Waals surface area (Å²) in [7, 11) is 0.0198. The van der Waals surface area contributed by atoms with E-state index in [9.17, 15) is 4.79 Å². The number of ether oxygens (including phenoxy) is 1. The van der Waals surface area contributed by atoms with Gasteiger partial charge >= 0.3 is 4.87 Å². The van der Waals surface area contributed by atoms with Gasteiger partial charge in [0.05, 0.1) is 7.11 Å². The molecule has 0 aliphatic rings. The Hall–Kier alpha value is -1.06. The molecule has 6 heteroatoms. The molecule has 1 aromatic rings. The molecule has 0 N–H and O–H groups in total. The lowest BCUT2D eigenvalue weighted by Crippen LogP contribution is -2.18. The SMILES string of the molecule is COc1nn(C#C[Si](C)(C)C)c(=O)s1. The summed E-state index contributed by atoms with van der Waals surface area (Å²) in [6.45, 7) is 6.32. The van der Waals surface area contributed by atoms with E-state index in [-0.39, 0.29) is 4.87 Å². The third-order valence-electron chi connectivity index (χ3n) is 1.24. The monoisotopic (exact) mass is 228 g/mol. The van der Waals surface area contributed by atoms with Crippen molar-refractivity contribution in [3.05, 3.63) is 9.67 Å². The Balaban J connectivity index is 3.02. The predicted octanol–water partition coefficient (Wildman–Crippen LogP) is 1.000. The summed E-state index contributed by atoms with van der Waals surface area (Å²) in [6.07, 6.45) is 0. The van der Waals surface area contributed by atoms with Crippen molar-refractivity contribution in [3.63, 3.8) is 0 Å². The van der Waals surface area contributed by atoms with E-state index in [2.05, 4.69) is 36.3 Å². The summed E-state index contributed by atoms with van der Waals surface area (Å²) >= 11 is 0.952. The minimum atomic E-state index is -1.46. The van der Waals surface area contributed by atoms with Crippen molar-refractivity contribution in [2.45, 2.75) is 19.6 Å². The van der Waals surface area contributed by atoms with Crippen molar-refractivity contribution >= 4 is 19.4 Å². The summed E-state index contributed by atoms with van der Waals surface area (Å²) in [5, 5.41) is 4.23. The molecule has 76 valence electrons. The van der Waals surface area contributed by atoms with E-state index in [1.807, 2.05) is 0 Å². The molecule has 0 bridgehead atoms. The molecule has 1 rings (SSSR count). The Kier molecular flexibility index (Phi) is 3.13. The van der Waals surface area contributed by atoms with Crippen LogP contribution in [0.25, 0.3) is 0 Å². The van der Waals surface area contributed by atoms with Gasteiger partial charge in [-0.1, -0.05) is 19.6 Å². The van der Waals surface area contributed by atoms with Crippen LogP contribution >= 0.6 is 11.3 Å². The highest BCUT2D eigenvalue weighted by molar-refractivity contribution is 7.10. The lowest BCUT2D eigenvalue weighted by atomic mass is 11.1. The highest BCUT2D eigenvalue weighted by atomic mass is 32.1. The van der Waals surface area contributed by atoms with E-state index in [0.29, 0.717) is 5.19 Å². The number of rotatable bonds is 1. The average Bonchev–Trinajstić information content (AvgIpc) is 2.42. The average molecular weight is 228 g/mol. The molecule has 0 unspecified atom stereocenters. The van der Waals surface area contributed by atoms with Gasteiger partial charge in [-0.3, -0.25) is 4.79 Å². The summed E-state index contributed by atoms with van der Waals surface area (Å²) in [5.41, 5.74) is 3.06. The molecule has 0 saturated heterocycles. The smallest absolute Gasteiger partial charge is 0.340 e. The molecular weight excluding hydrogens is 216 g/mol. The van der Waals surface area contributed by atoms with Crippen molar-refractivity contribution in [2.75, 3.05) is 7.11 Å². The van der Waals surface area contributed by atoms with Gasteiger partial charge < -0.3 is 4.74 Å². The molecule has 1 aromatic heterocycles. The zero-order chi connectivity index (χ0) is 10.8. The quantitative estimate of drug-likeness (QED) is 0.532. The zero-order valence-electron chi connectivity index (χ0n) is 8.62. The summed E-state index contributed by atoms with van der Waals surface area (Å²) in [5.74, 6) is 0. The van der Waals surface area contributed by atoms with Crippen molar-refractivity contribution < 1.29 is 4.74 Å². The number of methoxy groups -OCH3 is 1. The molecule has 0 aromatic carbocycles. The van der Waals surface area contributed by atoms with Crippen LogP contribution in [-0.4, -0.2) is 25.0 Å². The third-order valence-corrected chi connectivity index (χ3v) is 2.87. The van der Waals surface area contributed by atoms with E-state index in [0.717, 1.165) is 16.0 Å². The van der Waals surface area contributed by atoms with Gasteiger partial charge in [-0.2, -0.15) is 0 Å². The van der Waals surface area contributed by atoms with E-state index >= 15 is 0 Å². The number of nitrogens with zero attached hydrogens (tertiary/aromatic N) is 2. The van der Waals surface area contributed by atoms with Crippen molar-refractivity contribution in [3.8, 4) is 16.8 Å². The molecular formula is C8H12N2O2SSi. The summed E-state index contributed by atoms with van der Waals surface area (Å²) in [4.78, 5) is 11.1. The molecule has 4 nitrogen and oxygen atoms in total. The van der Waals surface area contributed by atoms with Crippen LogP contribution in [-0.2, 0) is 0 Å². The van der Waals surface area contributed by atoms with Crippen LogP contribution in [0.5, 0.6) is 5.19 Å². The maximum atomic E-state index is 11.3. The van der Waals surface area contributed by atoms with E-state index in [4.69, 9.17) is 4.74 Å². The van der Waals surface area contributed by atoms with Gasteiger partial charge in [-0.15, -0.1) is 15.3 Å². The van der Waals surface area contributed by atoms with Crippen LogP contribution in [0.2, 0.25) is 19.6 Å². The predicted molar refractivity (Wildman–Crippen MR) is 59.4 cm³/mol. The van der Waals surface area contributed by atoms with Gasteiger partial charge in [0, 0.05) is 6.04 Å². The molecule has 0 aliphatic carbocycles. The number of aromatic nitrogens is 2. The second kappa shape index (κ2) is 3.98. The van der Waals surface area contributed by atoms with Crippen LogP contribution in [0.15, 0.2) is 4.79 Å². The first-order valence-electron chi connectivity index (χ1n) is 4.10. The Morgan fingerprint density at radius 1 is 1.50 bits per heavy atom. The fraction of sp³-hybridized carbons (Fsp3) is 0.500. The third kappa shape index (κ3) is 3.01. The minimum Gasteiger partial charge on any atom is -0.472 e. The maximum Gasteiger partial charge on any atom is 0.340 e. The van der Waals surface area contributed by atoms with E-state index in [1.165, 1.54) is 7.11 Å². The van der Waals surface area contributed by atoms with E-state index in [1.54, 1.807) is 0 Å².